The van der Waals surface area contributed by atoms with Crippen LogP contribution in [0.5, 0.6) is 0 Å². The van der Waals surface area contributed by atoms with E-state index in [2.05, 4.69) is 13.8 Å². The van der Waals surface area contributed by atoms with Crippen LogP contribution in [0.4, 0.5) is 8.78 Å². The lowest BCUT2D eigenvalue weighted by Crippen LogP contribution is -2.60. The summed E-state index contributed by atoms with van der Waals surface area (Å²) in [4.78, 5) is 24.2. The summed E-state index contributed by atoms with van der Waals surface area (Å²) in [5.41, 5.74) is -1.23. The molecule has 4 rings (SSSR count). The van der Waals surface area contributed by atoms with Gasteiger partial charge in [0.25, 0.3) is 0 Å². The van der Waals surface area contributed by atoms with E-state index in [1.165, 1.54) is 0 Å². The predicted molar refractivity (Wildman–Crippen MR) is 112 cm³/mol. The van der Waals surface area contributed by atoms with Crippen molar-refractivity contribution < 1.29 is 28.2 Å². The van der Waals surface area contributed by atoms with Gasteiger partial charge in [-0.2, -0.15) is 0 Å². The number of carbonyl (C=O) groups excluding carboxylic acids is 2. The van der Waals surface area contributed by atoms with Crippen LogP contribution < -0.4 is 0 Å². The molecule has 174 valence electrons. The number of aliphatic hydroxyl groups is 1. The van der Waals surface area contributed by atoms with Crippen LogP contribution >= 0.6 is 0 Å². The van der Waals surface area contributed by atoms with Crippen LogP contribution in [0, 0.1) is 34.5 Å². The zero-order valence-corrected chi connectivity index (χ0v) is 19.1. The third-order valence-electron chi connectivity index (χ3n) is 9.19. The first kappa shape index (κ1) is 22.9. The molecule has 0 saturated heterocycles. The van der Waals surface area contributed by atoms with Crippen LogP contribution in [-0.4, -0.2) is 35.2 Å². The molecule has 0 aromatic carbocycles. The molecule has 0 spiro atoms. The smallest absolute Gasteiger partial charge is 0.305 e. The summed E-state index contributed by atoms with van der Waals surface area (Å²) in [5, 5.41) is 11.5. The minimum absolute atomic E-state index is 0.00736. The highest BCUT2D eigenvalue weighted by atomic mass is 19.1. The van der Waals surface area contributed by atoms with Crippen molar-refractivity contribution in [2.75, 3.05) is 0 Å². The molecule has 1 N–H and O–H groups in total. The Kier molecular flexibility index (Phi) is 5.85. The predicted octanol–water partition coefficient (Wildman–Crippen LogP) is 5.08. The van der Waals surface area contributed by atoms with Crippen molar-refractivity contribution in [3.63, 3.8) is 0 Å². The van der Waals surface area contributed by atoms with Gasteiger partial charge in [0.1, 0.15) is 12.3 Å². The summed E-state index contributed by atoms with van der Waals surface area (Å²) in [6.45, 7) is 7.81. The second-order valence-electron chi connectivity index (χ2n) is 10.8. The Morgan fingerprint density at radius 3 is 2.65 bits per heavy atom. The van der Waals surface area contributed by atoms with Crippen LogP contribution in [0.2, 0.25) is 0 Å². The molecular formula is C25H36F2O4. The Labute approximate surface area is 183 Å². The topological polar surface area (TPSA) is 63.6 Å². The first-order chi connectivity index (χ1) is 14.6. The number of hydrogen-bond donors (Lipinski definition) is 1. The molecule has 0 aliphatic heterocycles. The Morgan fingerprint density at radius 2 is 2.00 bits per heavy atom. The van der Waals surface area contributed by atoms with E-state index in [0.717, 1.165) is 19.3 Å². The van der Waals surface area contributed by atoms with Crippen molar-refractivity contribution in [2.24, 2.45) is 34.5 Å². The zero-order valence-electron chi connectivity index (χ0n) is 19.1. The number of Topliss-reactive ketones (excluding diaryl/α,β-unsaturated/α-hetero) is 1. The average molecular weight is 439 g/mol. The van der Waals surface area contributed by atoms with Gasteiger partial charge in [-0.25, -0.2) is 8.78 Å². The molecule has 0 amide bonds. The summed E-state index contributed by atoms with van der Waals surface area (Å²) in [6.07, 6.45) is 1.34. The van der Waals surface area contributed by atoms with Crippen LogP contribution in [-0.2, 0) is 14.3 Å². The normalized spacial score (nSPS) is 46.9. The third kappa shape index (κ3) is 3.22. The molecule has 0 aromatic heterocycles. The number of esters is 1. The highest BCUT2D eigenvalue weighted by Crippen LogP contribution is 2.68. The van der Waals surface area contributed by atoms with Gasteiger partial charge in [0.2, 0.25) is 0 Å². The van der Waals surface area contributed by atoms with Gasteiger partial charge in [0.15, 0.2) is 11.6 Å². The number of allylic oxidation sites excluding steroid dienone is 1. The highest BCUT2D eigenvalue weighted by molar-refractivity contribution is 5.95. The van der Waals surface area contributed by atoms with E-state index < -0.39 is 29.3 Å². The van der Waals surface area contributed by atoms with Crippen molar-refractivity contribution in [3.8, 4) is 0 Å². The molecule has 4 aliphatic carbocycles. The van der Waals surface area contributed by atoms with E-state index in [-0.39, 0.29) is 59.6 Å². The van der Waals surface area contributed by atoms with Gasteiger partial charge < -0.3 is 9.84 Å². The number of fused-ring (bicyclic) bond motifs is 5. The van der Waals surface area contributed by atoms with Gasteiger partial charge in [-0.05, 0) is 55.8 Å². The first-order valence-electron chi connectivity index (χ1n) is 12.1. The highest BCUT2D eigenvalue weighted by Gasteiger charge is 2.67. The number of rotatable bonds is 4. The van der Waals surface area contributed by atoms with E-state index in [4.69, 9.17) is 4.74 Å². The molecule has 3 fully saturated rings. The summed E-state index contributed by atoms with van der Waals surface area (Å²) in [5.74, 6) is -1.91. The standard InChI is InChI=1S/C25H36F2O4/c1-5-8-25-12-18(29)20-14(15(25)10-13(3)23(25)31-19(30)6-2)11-16(26)21-22(27)17(28)7-9-24(20,21)4/h13-16,18,20,23,29H,5-12H2,1-4H3/t13-,14+,15+,16+,18+,20-,23-,24-,25+/m1/s1. The Balaban J connectivity index is 1.78. The van der Waals surface area contributed by atoms with Crippen LogP contribution in [0.3, 0.4) is 0 Å². The quantitative estimate of drug-likeness (QED) is 0.622. The van der Waals surface area contributed by atoms with E-state index in [0.29, 0.717) is 19.3 Å². The largest absolute Gasteiger partial charge is 0.461 e. The molecule has 0 radical (unpaired) electrons. The number of hydrogen-bond acceptors (Lipinski definition) is 4. The van der Waals surface area contributed by atoms with E-state index in [9.17, 15) is 19.1 Å². The monoisotopic (exact) mass is 438 g/mol. The molecular weight excluding hydrogens is 402 g/mol. The van der Waals surface area contributed by atoms with Crippen molar-refractivity contribution >= 4 is 11.8 Å². The average Bonchev–Trinajstić information content (AvgIpc) is 2.96. The van der Waals surface area contributed by atoms with Gasteiger partial charge >= 0.3 is 5.97 Å². The Bertz CT molecular complexity index is 794. The number of carbonyl (C=O) groups is 2. The van der Waals surface area contributed by atoms with Crippen LogP contribution in [0.1, 0.15) is 79.1 Å². The molecule has 0 heterocycles. The minimum atomic E-state index is -1.51. The number of halogens is 2. The lowest BCUT2D eigenvalue weighted by molar-refractivity contribution is -0.181. The lowest BCUT2D eigenvalue weighted by atomic mass is 9.45. The maximum absolute atomic E-state index is 15.5. The third-order valence-corrected chi connectivity index (χ3v) is 9.19. The molecule has 0 aromatic rings. The molecule has 9 atom stereocenters. The summed E-state index contributed by atoms with van der Waals surface area (Å²) >= 11 is 0. The fraction of sp³-hybridized carbons (Fsp3) is 0.840. The van der Waals surface area contributed by atoms with Gasteiger partial charge in [-0.1, -0.05) is 34.1 Å². The Hall–Kier alpha value is -1.30. The first-order valence-corrected chi connectivity index (χ1v) is 12.1. The zero-order chi connectivity index (χ0) is 22.7. The van der Waals surface area contributed by atoms with Crippen molar-refractivity contribution in [1.82, 2.24) is 0 Å². The number of ether oxygens (including phenoxy) is 1. The van der Waals surface area contributed by atoms with E-state index in [1.54, 1.807) is 6.92 Å². The summed E-state index contributed by atoms with van der Waals surface area (Å²) in [7, 11) is 0. The second kappa shape index (κ2) is 7.93. The maximum atomic E-state index is 15.5. The van der Waals surface area contributed by atoms with E-state index in [1.807, 2.05) is 6.92 Å². The molecule has 0 unspecified atom stereocenters. The molecule has 31 heavy (non-hydrogen) atoms. The number of aliphatic hydroxyl groups excluding tert-OH is 1. The van der Waals surface area contributed by atoms with Gasteiger partial charge in [-0.3, -0.25) is 9.59 Å². The Morgan fingerprint density at radius 1 is 1.29 bits per heavy atom. The lowest BCUT2D eigenvalue weighted by Gasteiger charge is -2.60. The van der Waals surface area contributed by atoms with Gasteiger partial charge in [-0.15, -0.1) is 0 Å². The van der Waals surface area contributed by atoms with Crippen molar-refractivity contribution in [3.05, 3.63) is 11.4 Å². The van der Waals surface area contributed by atoms with Crippen LogP contribution in [0.15, 0.2) is 11.4 Å². The maximum Gasteiger partial charge on any atom is 0.305 e. The number of ketones is 1. The fourth-order valence-corrected chi connectivity index (χ4v) is 8.24. The molecule has 0 bridgehead atoms. The van der Waals surface area contributed by atoms with Gasteiger partial charge in [0, 0.05) is 29.2 Å². The number of alkyl halides is 1. The van der Waals surface area contributed by atoms with E-state index >= 15 is 4.39 Å². The van der Waals surface area contributed by atoms with Crippen molar-refractivity contribution in [1.29, 1.82) is 0 Å². The summed E-state index contributed by atoms with van der Waals surface area (Å²) < 4.78 is 36.3. The molecule has 6 heteroatoms. The SMILES string of the molecule is CCC[C@]12C[C@H](O)[C@H]3[C@@H](C[C@H](F)C4=C(F)C(=O)CC[C@@]43C)[C@@H]1C[C@@H](C)[C@H]2OC(=O)CC. The molecule has 3 saturated carbocycles. The molecule has 4 nitrogen and oxygen atoms in total. The van der Waals surface area contributed by atoms with Gasteiger partial charge in [0.05, 0.1) is 6.10 Å². The molecule has 4 aliphatic rings. The fourth-order valence-electron chi connectivity index (χ4n) is 8.24. The minimum Gasteiger partial charge on any atom is -0.461 e. The van der Waals surface area contributed by atoms with Crippen molar-refractivity contribution in [2.45, 2.75) is 97.4 Å². The second-order valence-corrected chi connectivity index (χ2v) is 10.8. The van der Waals surface area contributed by atoms with Crippen LogP contribution in [0.25, 0.3) is 0 Å². The summed E-state index contributed by atoms with van der Waals surface area (Å²) in [6, 6.07) is 0.